The number of para-hydroxylation sites is 1. The number of carbonyl (C=O) groups is 1. The largest absolute Gasteiger partial charge is 0.451 e. The second-order valence-corrected chi connectivity index (χ2v) is 10.3. The molecule has 4 aliphatic carbocycles. The van der Waals surface area contributed by atoms with Gasteiger partial charge in [-0.2, -0.15) is 0 Å². The van der Waals surface area contributed by atoms with Gasteiger partial charge in [-0.05, 0) is 99.0 Å². The van der Waals surface area contributed by atoms with Crippen LogP contribution in [0.5, 0.6) is 0 Å². The fourth-order valence-corrected chi connectivity index (χ4v) is 6.97. The van der Waals surface area contributed by atoms with Gasteiger partial charge in [0, 0.05) is 12.1 Å². The lowest BCUT2D eigenvalue weighted by molar-refractivity contribution is -0.384. The summed E-state index contributed by atoms with van der Waals surface area (Å²) < 4.78 is 5.62. The Bertz CT molecular complexity index is 1040. The molecule has 2 N–H and O–H groups in total. The van der Waals surface area contributed by atoms with Crippen LogP contribution in [0.4, 0.5) is 5.69 Å². The average Bonchev–Trinajstić information content (AvgIpc) is 3.23. The summed E-state index contributed by atoms with van der Waals surface area (Å²) in [4.78, 5) is 23.5. The molecular formula is C24H27N3O4S. The number of benzene rings is 1. The molecule has 1 atom stereocenters. The zero-order valence-corrected chi connectivity index (χ0v) is 18.8. The van der Waals surface area contributed by atoms with E-state index in [9.17, 15) is 14.9 Å². The molecule has 2 aromatic rings. The highest BCUT2D eigenvalue weighted by Gasteiger charge is 2.53. The van der Waals surface area contributed by atoms with Crippen molar-refractivity contribution in [2.75, 3.05) is 0 Å². The van der Waals surface area contributed by atoms with Crippen molar-refractivity contribution < 1.29 is 14.1 Å². The fourth-order valence-electron chi connectivity index (χ4n) is 6.70. The van der Waals surface area contributed by atoms with E-state index in [-0.39, 0.29) is 28.7 Å². The van der Waals surface area contributed by atoms with Gasteiger partial charge in [0.15, 0.2) is 10.9 Å². The Balaban J connectivity index is 1.23. The van der Waals surface area contributed by atoms with Gasteiger partial charge in [0.25, 0.3) is 11.6 Å². The van der Waals surface area contributed by atoms with Crippen LogP contribution in [0.25, 0.3) is 11.3 Å². The second kappa shape index (κ2) is 7.99. The number of carbonyl (C=O) groups excluding carboxylic acids is 1. The zero-order valence-electron chi connectivity index (χ0n) is 18.0. The first kappa shape index (κ1) is 21.1. The van der Waals surface area contributed by atoms with Gasteiger partial charge < -0.3 is 9.73 Å². The lowest BCUT2D eigenvalue weighted by atomic mass is 9.48. The number of hydrogen-bond donors (Lipinski definition) is 2. The molecule has 0 spiro atoms. The first-order chi connectivity index (χ1) is 15.3. The third-order valence-corrected chi connectivity index (χ3v) is 7.99. The van der Waals surface area contributed by atoms with Crippen LogP contribution >= 0.6 is 12.2 Å². The third kappa shape index (κ3) is 3.81. The Morgan fingerprint density at radius 1 is 1.12 bits per heavy atom. The second-order valence-electron chi connectivity index (χ2n) is 9.87. The van der Waals surface area contributed by atoms with E-state index in [1.165, 1.54) is 50.7 Å². The predicted octanol–water partition coefficient (Wildman–Crippen LogP) is 5.06. The first-order valence-corrected chi connectivity index (χ1v) is 11.7. The van der Waals surface area contributed by atoms with E-state index >= 15 is 0 Å². The highest BCUT2D eigenvalue weighted by Crippen LogP contribution is 2.61. The molecule has 0 radical (unpaired) electrons. The molecule has 4 aliphatic rings. The minimum absolute atomic E-state index is 0.0600. The topological polar surface area (TPSA) is 97.4 Å². The molecular weight excluding hydrogens is 426 g/mol. The highest BCUT2D eigenvalue weighted by molar-refractivity contribution is 7.80. The summed E-state index contributed by atoms with van der Waals surface area (Å²) in [5, 5.41) is 17.6. The number of nitro groups is 1. The molecule has 0 saturated heterocycles. The van der Waals surface area contributed by atoms with E-state index in [1.807, 2.05) is 0 Å². The molecule has 7 nitrogen and oxygen atoms in total. The van der Waals surface area contributed by atoms with Crippen molar-refractivity contribution in [2.24, 2.45) is 23.2 Å². The van der Waals surface area contributed by atoms with Crippen molar-refractivity contribution in [1.82, 2.24) is 10.6 Å². The van der Waals surface area contributed by atoms with E-state index in [0.29, 0.717) is 10.7 Å². The average molecular weight is 454 g/mol. The number of hydrogen-bond acceptors (Lipinski definition) is 5. The van der Waals surface area contributed by atoms with Gasteiger partial charge in [-0.3, -0.25) is 20.2 Å². The monoisotopic (exact) mass is 453 g/mol. The molecule has 1 amide bonds. The number of nitrogens with zero attached hydrogens (tertiary/aromatic N) is 1. The maximum Gasteiger partial charge on any atom is 0.293 e. The SMILES string of the molecule is CC(NC(=S)NC(=O)c1ccc(-c2ccccc2[N+](=O)[O-])o1)C12CC3CC(CC(C3)C1)C2. The van der Waals surface area contributed by atoms with Crippen molar-refractivity contribution in [2.45, 2.75) is 51.5 Å². The summed E-state index contributed by atoms with van der Waals surface area (Å²) in [6.45, 7) is 2.19. The number of furan rings is 1. The molecule has 0 aliphatic heterocycles. The van der Waals surface area contributed by atoms with Crippen molar-refractivity contribution in [3.05, 3.63) is 52.3 Å². The summed E-state index contributed by atoms with van der Waals surface area (Å²) in [5.41, 5.74) is 0.524. The van der Waals surface area contributed by atoms with Crippen LogP contribution < -0.4 is 10.6 Å². The molecule has 32 heavy (non-hydrogen) atoms. The normalized spacial score (nSPS) is 28.8. The maximum atomic E-state index is 12.7. The molecule has 1 unspecified atom stereocenters. The minimum Gasteiger partial charge on any atom is -0.451 e. The number of amides is 1. The van der Waals surface area contributed by atoms with E-state index in [2.05, 4.69) is 17.6 Å². The lowest BCUT2D eigenvalue weighted by Gasteiger charge is -2.59. The summed E-state index contributed by atoms with van der Waals surface area (Å²) in [7, 11) is 0. The fraction of sp³-hybridized carbons (Fsp3) is 0.500. The van der Waals surface area contributed by atoms with Crippen molar-refractivity contribution in [3.8, 4) is 11.3 Å². The van der Waals surface area contributed by atoms with Crippen molar-refractivity contribution in [3.63, 3.8) is 0 Å². The van der Waals surface area contributed by atoms with Gasteiger partial charge in [0.2, 0.25) is 0 Å². The van der Waals surface area contributed by atoms with Crippen LogP contribution in [0.15, 0.2) is 40.8 Å². The van der Waals surface area contributed by atoms with Crippen LogP contribution in [0.2, 0.25) is 0 Å². The van der Waals surface area contributed by atoms with Gasteiger partial charge in [-0.1, -0.05) is 12.1 Å². The standard InChI is InChI=1S/C24H27N3O4S/c1-14(24-11-15-8-16(12-24)10-17(9-15)13-24)25-23(32)26-22(28)21-7-6-20(31-21)18-4-2-3-5-19(18)27(29)30/h2-7,14-17H,8-13H2,1H3,(H2,25,26,28,32). The number of rotatable bonds is 5. The molecule has 1 aromatic carbocycles. The van der Waals surface area contributed by atoms with Crippen LogP contribution in [-0.2, 0) is 0 Å². The van der Waals surface area contributed by atoms with Gasteiger partial charge >= 0.3 is 0 Å². The quantitative estimate of drug-likeness (QED) is 0.373. The van der Waals surface area contributed by atoms with Crippen LogP contribution in [0.1, 0.15) is 56.0 Å². The molecule has 4 saturated carbocycles. The Morgan fingerprint density at radius 2 is 1.75 bits per heavy atom. The van der Waals surface area contributed by atoms with Gasteiger partial charge in [-0.15, -0.1) is 0 Å². The summed E-state index contributed by atoms with van der Waals surface area (Å²) >= 11 is 5.44. The Labute approximate surface area is 192 Å². The summed E-state index contributed by atoms with van der Waals surface area (Å²) in [5.74, 6) is 2.39. The summed E-state index contributed by atoms with van der Waals surface area (Å²) in [6.07, 6.45) is 7.90. The Morgan fingerprint density at radius 3 is 2.38 bits per heavy atom. The predicted molar refractivity (Wildman–Crippen MR) is 124 cm³/mol. The van der Waals surface area contributed by atoms with Gasteiger partial charge in [-0.25, -0.2) is 0 Å². The minimum atomic E-state index is -0.470. The zero-order chi connectivity index (χ0) is 22.5. The number of nitrogens with one attached hydrogen (secondary N) is 2. The smallest absolute Gasteiger partial charge is 0.293 e. The lowest BCUT2D eigenvalue weighted by Crippen LogP contribution is -2.57. The Hall–Kier alpha value is -2.74. The molecule has 8 heteroatoms. The van der Waals surface area contributed by atoms with Crippen LogP contribution in [-0.4, -0.2) is 22.0 Å². The molecule has 168 valence electrons. The van der Waals surface area contributed by atoms with Crippen molar-refractivity contribution in [1.29, 1.82) is 0 Å². The van der Waals surface area contributed by atoms with Crippen LogP contribution in [0, 0.1) is 33.3 Å². The van der Waals surface area contributed by atoms with E-state index in [1.54, 1.807) is 24.3 Å². The van der Waals surface area contributed by atoms with E-state index < -0.39 is 10.8 Å². The van der Waals surface area contributed by atoms with Crippen molar-refractivity contribution >= 4 is 28.9 Å². The van der Waals surface area contributed by atoms with Crippen LogP contribution in [0.3, 0.4) is 0 Å². The number of nitro benzene ring substituents is 1. The Kier molecular flexibility index (Phi) is 5.28. The van der Waals surface area contributed by atoms with E-state index in [0.717, 1.165) is 17.8 Å². The highest BCUT2D eigenvalue weighted by atomic mass is 32.1. The molecule has 1 aromatic heterocycles. The number of thiocarbonyl (C=S) groups is 1. The maximum absolute atomic E-state index is 12.7. The first-order valence-electron chi connectivity index (χ1n) is 11.3. The van der Waals surface area contributed by atoms with Gasteiger partial charge in [0.1, 0.15) is 5.76 Å². The molecule has 4 fully saturated rings. The summed E-state index contributed by atoms with van der Waals surface area (Å²) in [6, 6.07) is 9.55. The van der Waals surface area contributed by atoms with E-state index in [4.69, 9.17) is 16.6 Å². The molecule has 1 heterocycles. The molecule has 4 bridgehead atoms. The third-order valence-electron chi connectivity index (χ3n) is 7.77. The molecule has 6 rings (SSSR count). The van der Waals surface area contributed by atoms with Gasteiger partial charge in [0.05, 0.1) is 10.5 Å².